The van der Waals surface area contributed by atoms with Crippen LogP contribution in [0.2, 0.25) is 0 Å². The second kappa shape index (κ2) is 11.0. The van der Waals surface area contributed by atoms with Crippen LogP contribution in [0.15, 0.2) is 42.0 Å². The fourth-order valence-corrected chi connectivity index (χ4v) is 5.61. The van der Waals surface area contributed by atoms with E-state index in [4.69, 9.17) is 18.9 Å². The molecule has 2 atom stereocenters. The average molecular weight is 524 g/mol. The van der Waals surface area contributed by atoms with E-state index >= 15 is 0 Å². The first-order chi connectivity index (χ1) is 18.4. The number of likely N-dealkylation sites (tertiary alicyclic amines) is 1. The number of ether oxygens (including phenoxy) is 4. The number of amides is 1. The summed E-state index contributed by atoms with van der Waals surface area (Å²) in [6, 6.07) is 9.95. The number of nitrogens with zero attached hydrogens (tertiary/aromatic N) is 1. The van der Waals surface area contributed by atoms with Gasteiger partial charge in [-0.2, -0.15) is 0 Å². The molecular formula is C29H35N2O7+. The fraction of sp³-hybridized carbons (Fsp3) is 0.448. The summed E-state index contributed by atoms with van der Waals surface area (Å²) in [5, 5.41) is 11.5. The van der Waals surface area contributed by atoms with Gasteiger partial charge in [0.15, 0.2) is 11.5 Å². The number of benzene rings is 2. The highest BCUT2D eigenvalue weighted by molar-refractivity contribution is 6.46. The summed E-state index contributed by atoms with van der Waals surface area (Å²) >= 11 is 0. The molecule has 202 valence electrons. The summed E-state index contributed by atoms with van der Waals surface area (Å²) in [5.74, 6) is 0.310. The van der Waals surface area contributed by atoms with Crippen LogP contribution >= 0.6 is 0 Å². The second-order valence-electron chi connectivity index (χ2n) is 10.0. The number of carbonyl (C=O) groups excluding carboxylic acids is 2. The number of ketones is 1. The molecule has 38 heavy (non-hydrogen) atoms. The third-order valence-electron chi connectivity index (χ3n) is 7.56. The minimum absolute atomic E-state index is 0.0494. The summed E-state index contributed by atoms with van der Waals surface area (Å²) in [5.41, 5.74) is 2.20. The number of methoxy groups -OCH3 is 2. The number of aliphatic hydroxyl groups is 1. The maximum atomic E-state index is 13.4. The van der Waals surface area contributed by atoms with Crippen molar-refractivity contribution in [2.45, 2.75) is 31.9 Å². The van der Waals surface area contributed by atoms with Gasteiger partial charge in [-0.1, -0.05) is 6.07 Å². The summed E-state index contributed by atoms with van der Waals surface area (Å²) in [6.45, 7) is 6.57. The van der Waals surface area contributed by atoms with Gasteiger partial charge in [-0.3, -0.25) is 9.59 Å². The minimum Gasteiger partial charge on any atom is -0.507 e. The molecule has 0 radical (unpaired) electrons. The number of hydrogen-bond donors (Lipinski definition) is 2. The molecule has 0 aromatic heterocycles. The molecule has 0 saturated carbocycles. The Morgan fingerprint density at radius 3 is 2.58 bits per heavy atom. The van der Waals surface area contributed by atoms with Crippen molar-refractivity contribution < 1.29 is 38.5 Å². The normalized spacial score (nSPS) is 22.9. The third-order valence-corrected chi connectivity index (χ3v) is 7.56. The van der Waals surface area contributed by atoms with Crippen LogP contribution < -0.4 is 19.1 Å². The van der Waals surface area contributed by atoms with Crippen molar-refractivity contribution in [2.75, 3.05) is 53.6 Å². The van der Waals surface area contributed by atoms with E-state index in [1.165, 1.54) is 12.0 Å². The van der Waals surface area contributed by atoms with Gasteiger partial charge in [0.2, 0.25) is 0 Å². The largest absolute Gasteiger partial charge is 0.507 e. The van der Waals surface area contributed by atoms with Gasteiger partial charge >= 0.3 is 0 Å². The van der Waals surface area contributed by atoms with Gasteiger partial charge in [-0.25, -0.2) is 0 Å². The van der Waals surface area contributed by atoms with Crippen molar-refractivity contribution in [2.24, 2.45) is 0 Å². The van der Waals surface area contributed by atoms with E-state index in [0.29, 0.717) is 35.6 Å². The molecule has 1 amide bonds. The van der Waals surface area contributed by atoms with E-state index in [0.717, 1.165) is 50.6 Å². The molecule has 2 N–H and O–H groups in total. The summed E-state index contributed by atoms with van der Waals surface area (Å²) in [7, 11) is 3.09. The highest BCUT2D eigenvalue weighted by Crippen LogP contribution is 2.42. The zero-order valence-electron chi connectivity index (χ0n) is 22.1. The zero-order valence-corrected chi connectivity index (χ0v) is 22.1. The average Bonchev–Trinajstić information content (AvgIpc) is 3.43. The molecule has 0 unspecified atom stereocenters. The lowest BCUT2D eigenvalue weighted by Gasteiger charge is -2.28. The number of rotatable bonds is 8. The molecule has 3 aliphatic rings. The Labute approximate surface area is 222 Å². The molecule has 2 aromatic carbocycles. The van der Waals surface area contributed by atoms with Gasteiger partial charge in [0.25, 0.3) is 11.7 Å². The predicted molar refractivity (Wildman–Crippen MR) is 140 cm³/mol. The SMILES string of the molecule is COc1ccc([C@@H]2C(=C(O)c3ccc4c(c3)C[C@@H](C)O4)C(=O)C(=O)N2CCC[NH+]2CCOCC2)cc1OC. The van der Waals surface area contributed by atoms with Crippen LogP contribution in [0.25, 0.3) is 5.76 Å². The van der Waals surface area contributed by atoms with Crippen LogP contribution in [0.1, 0.15) is 36.1 Å². The predicted octanol–water partition coefficient (Wildman–Crippen LogP) is 1.75. The Kier molecular flexibility index (Phi) is 7.58. The number of morpholine rings is 1. The maximum Gasteiger partial charge on any atom is 0.295 e. The van der Waals surface area contributed by atoms with Crippen molar-refractivity contribution in [3.05, 3.63) is 58.7 Å². The number of nitrogens with one attached hydrogen (secondary N) is 1. The van der Waals surface area contributed by atoms with Gasteiger partial charge in [-0.15, -0.1) is 0 Å². The number of aliphatic hydroxyl groups excluding tert-OH is 1. The highest BCUT2D eigenvalue weighted by Gasteiger charge is 2.46. The highest BCUT2D eigenvalue weighted by atomic mass is 16.5. The van der Waals surface area contributed by atoms with Gasteiger partial charge in [0.05, 0.1) is 45.6 Å². The van der Waals surface area contributed by atoms with Gasteiger partial charge in [0.1, 0.15) is 30.7 Å². The number of hydrogen-bond acceptors (Lipinski definition) is 7. The molecule has 3 heterocycles. The second-order valence-corrected chi connectivity index (χ2v) is 10.0. The molecule has 3 aliphatic heterocycles. The quantitative estimate of drug-likeness (QED) is 0.309. The topological polar surface area (TPSA) is 99.0 Å². The van der Waals surface area contributed by atoms with Crippen molar-refractivity contribution in [1.82, 2.24) is 4.90 Å². The van der Waals surface area contributed by atoms with Crippen molar-refractivity contribution in [1.29, 1.82) is 0 Å². The molecule has 0 spiro atoms. The summed E-state index contributed by atoms with van der Waals surface area (Å²) in [6.07, 6.45) is 1.49. The van der Waals surface area contributed by atoms with Gasteiger partial charge in [-0.05, 0) is 48.4 Å². The Bertz CT molecular complexity index is 1250. The smallest absolute Gasteiger partial charge is 0.295 e. The van der Waals surface area contributed by atoms with Crippen LogP contribution in [0.3, 0.4) is 0 Å². The fourth-order valence-electron chi connectivity index (χ4n) is 5.61. The summed E-state index contributed by atoms with van der Waals surface area (Å²) < 4.78 is 22.1. The monoisotopic (exact) mass is 523 g/mol. The van der Waals surface area contributed by atoms with E-state index < -0.39 is 17.7 Å². The van der Waals surface area contributed by atoms with E-state index in [2.05, 4.69) is 0 Å². The molecular weight excluding hydrogens is 488 g/mol. The lowest BCUT2D eigenvalue weighted by atomic mass is 9.94. The molecule has 5 rings (SSSR count). The van der Waals surface area contributed by atoms with E-state index in [9.17, 15) is 14.7 Å². The number of carbonyl (C=O) groups is 2. The molecule has 0 bridgehead atoms. The number of fused-ring (bicyclic) bond motifs is 1. The zero-order chi connectivity index (χ0) is 26.8. The molecule has 2 saturated heterocycles. The van der Waals surface area contributed by atoms with Crippen LogP contribution in [0, 0.1) is 0 Å². The Morgan fingerprint density at radius 2 is 1.84 bits per heavy atom. The lowest BCUT2D eigenvalue weighted by molar-refractivity contribution is -0.908. The first-order valence-electron chi connectivity index (χ1n) is 13.1. The number of quaternary nitrogens is 1. The molecule has 9 heteroatoms. The Hall–Kier alpha value is -3.56. The summed E-state index contributed by atoms with van der Waals surface area (Å²) in [4.78, 5) is 29.8. The van der Waals surface area contributed by atoms with Gasteiger partial charge < -0.3 is 33.9 Å². The standard InChI is InChI=1S/C29H34N2O7/c1-18-15-21-16-20(6-7-22(21)38-18)27(32)25-26(19-5-8-23(35-2)24(17-19)36-3)31(29(34)28(25)33)10-4-9-30-11-13-37-14-12-30/h5-8,16-18,26,32H,4,9-15H2,1-3H3/p+1/t18-,26-/m1/s1. The van der Waals surface area contributed by atoms with E-state index in [1.54, 1.807) is 36.3 Å². The molecule has 0 aliphatic carbocycles. The van der Waals surface area contributed by atoms with Crippen LogP contribution in [0.5, 0.6) is 17.2 Å². The van der Waals surface area contributed by atoms with Crippen molar-refractivity contribution in [3.63, 3.8) is 0 Å². The lowest BCUT2D eigenvalue weighted by Crippen LogP contribution is -3.14. The van der Waals surface area contributed by atoms with Crippen molar-refractivity contribution >= 4 is 17.4 Å². The van der Waals surface area contributed by atoms with Crippen molar-refractivity contribution in [3.8, 4) is 17.2 Å². The molecule has 2 fully saturated rings. The maximum absolute atomic E-state index is 13.4. The Balaban J connectivity index is 1.52. The van der Waals surface area contributed by atoms with Gasteiger partial charge in [0, 0.05) is 24.9 Å². The van der Waals surface area contributed by atoms with Crippen LogP contribution in [-0.4, -0.2) is 81.4 Å². The minimum atomic E-state index is -0.752. The third kappa shape index (κ3) is 4.96. The molecule has 2 aromatic rings. The number of Topliss-reactive ketones (excluding diaryl/α,β-unsaturated/α-hetero) is 1. The first-order valence-corrected chi connectivity index (χ1v) is 13.1. The Morgan fingerprint density at radius 1 is 1.08 bits per heavy atom. The van der Waals surface area contributed by atoms with E-state index in [-0.39, 0.29) is 17.4 Å². The van der Waals surface area contributed by atoms with Crippen LogP contribution in [-0.2, 0) is 20.7 Å². The molecule has 9 nitrogen and oxygen atoms in total. The first kappa shape index (κ1) is 26.1. The van der Waals surface area contributed by atoms with Crippen LogP contribution in [0.4, 0.5) is 0 Å². The van der Waals surface area contributed by atoms with E-state index in [1.807, 2.05) is 19.1 Å².